The number of ether oxygens (including phenoxy) is 1. The fraction of sp³-hybridized carbons (Fsp3) is 0.567. The molecule has 212 valence electrons. The number of carboxylic acids is 1. The van der Waals surface area contributed by atoms with Crippen LogP contribution in [0.4, 0.5) is 0 Å². The molecule has 38 heavy (non-hydrogen) atoms. The minimum absolute atomic E-state index is 0.127. The van der Waals surface area contributed by atoms with E-state index in [1.807, 2.05) is 24.4 Å². The summed E-state index contributed by atoms with van der Waals surface area (Å²) in [4.78, 5) is 12.2. The predicted octanol–water partition coefficient (Wildman–Crippen LogP) is 9.25. The molecular formula is C30H48O5SSi2. The third-order valence-electron chi connectivity index (χ3n) is 8.05. The molecule has 2 aromatic rings. The smallest absolute Gasteiger partial charge is 0.328 e. The standard InChI is InChI=1S/C30H48O5SSi2/c1-12-22(17-28(31)32)25-16-27(36-21-25)20-33-26-14-13-23(18-34-37(8,9)29(2,3)4)24(15-26)19-35-38(10,11)30(5,6)7/h13-17,21H,12,18-20H2,1-11H3,(H,31,32)/b22-17-. The number of rotatable bonds is 12. The van der Waals surface area contributed by atoms with Crippen molar-refractivity contribution < 1.29 is 23.5 Å². The molecule has 0 fully saturated rings. The molecule has 0 spiro atoms. The van der Waals surface area contributed by atoms with Crippen molar-refractivity contribution in [3.05, 3.63) is 57.3 Å². The maximum atomic E-state index is 11.1. The molecule has 1 aromatic carbocycles. The molecule has 0 unspecified atom stereocenters. The van der Waals surface area contributed by atoms with Gasteiger partial charge in [-0.05, 0) is 88.5 Å². The number of thiophene rings is 1. The summed E-state index contributed by atoms with van der Waals surface area (Å²) in [7, 11) is -3.83. The van der Waals surface area contributed by atoms with E-state index in [4.69, 9.17) is 18.7 Å². The van der Waals surface area contributed by atoms with E-state index < -0.39 is 22.6 Å². The van der Waals surface area contributed by atoms with Crippen LogP contribution in [0.5, 0.6) is 5.75 Å². The minimum atomic E-state index is -1.93. The molecule has 0 bridgehead atoms. The van der Waals surface area contributed by atoms with E-state index >= 15 is 0 Å². The van der Waals surface area contributed by atoms with E-state index in [0.29, 0.717) is 26.2 Å². The number of aliphatic carboxylic acids is 1. The van der Waals surface area contributed by atoms with Crippen LogP contribution in [0.3, 0.4) is 0 Å². The average molecular weight is 577 g/mol. The highest BCUT2D eigenvalue weighted by Crippen LogP contribution is 2.39. The summed E-state index contributed by atoms with van der Waals surface area (Å²) in [6.45, 7) is 26.1. The molecule has 8 heteroatoms. The Morgan fingerprint density at radius 3 is 1.95 bits per heavy atom. The third-order valence-corrected chi connectivity index (χ3v) is 17.9. The van der Waals surface area contributed by atoms with Gasteiger partial charge in [0.15, 0.2) is 16.6 Å². The Labute approximate surface area is 236 Å². The van der Waals surface area contributed by atoms with Crippen LogP contribution in [0, 0.1) is 0 Å². The number of allylic oxidation sites excluding steroid dienone is 1. The van der Waals surface area contributed by atoms with E-state index in [2.05, 4.69) is 79.9 Å². The Bertz CT molecular complexity index is 1120. The topological polar surface area (TPSA) is 65.0 Å². The minimum Gasteiger partial charge on any atom is -0.488 e. The van der Waals surface area contributed by atoms with Crippen LogP contribution >= 0.6 is 11.3 Å². The average Bonchev–Trinajstić information content (AvgIpc) is 3.26. The van der Waals surface area contributed by atoms with Crippen LogP contribution in [0.1, 0.15) is 76.5 Å². The number of hydrogen-bond acceptors (Lipinski definition) is 5. The molecule has 0 saturated heterocycles. The lowest BCUT2D eigenvalue weighted by molar-refractivity contribution is -0.131. The lowest BCUT2D eigenvalue weighted by atomic mass is 10.1. The Kier molecular flexibility index (Phi) is 10.8. The molecule has 0 aliphatic carbocycles. The second-order valence-electron chi connectivity index (χ2n) is 13.0. The first kappa shape index (κ1) is 32.5. The molecule has 0 saturated carbocycles. The van der Waals surface area contributed by atoms with Crippen molar-refractivity contribution in [3.8, 4) is 5.75 Å². The van der Waals surface area contributed by atoms with Crippen molar-refractivity contribution in [2.75, 3.05) is 0 Å². The van der Waals surface area contributed by atoms with Gasteiger partial charge in [0.05, 0.1) is 13.2 Å². The second-order valence-corrected chi connectivity index (χ2v) is 23.6. The van der Waals surface area contributed by atoms with E-state index in [0.717, 1.165) is 32.9 Å². The Morgan fingerprint density at radius 1 is 0.895 bits per heavy atom. The van der Waals surface area contributed by atoms with Crippen LogP contribution < -0.4 is 4.74 Å². The van der Waals surface area contributed by atoms with Gasteiger partial charge in [0.25, 0.3) is 0 Å². The summed E-state index contributed by atoms with van der Waals surface area (Å²) in [5.41, 5.74) is 4.01. The van der Waals surface area contributed by atoms with Gasteiger partial charge in [-0.1, -0.05) is 54.5 Å². The maximum absolute atomic E-state index is 11.1. The summed E-state index contributed by atoms with van der Waals surface area (Å²) >= 11 is 1.58. The highest BCUT2D eigenvalue weighted by molar-refractivity contribution is 7.10. The largest absolute Gasteiger partial charge is 0.488 e. The first-order chi connectivity index (χ1) is 17.4. The van der Waals surface area contributed by atoms with Gasteiger partial charge in [-0.3, -0.25) is 0 Å². The van der Waals surface area contributed by atoms with Gasteiger partial charge in [-0.25, -0.2) is 4.79 Å². The molecule has 1 N–H and O–H groups in total. The summed E-state index contributed by atoms with van der Waals surface area (Å²) in [5, 5.41) is 11.4. The molecular weight excluding hydrogens is 529 g/mol. The molecule has 0 radical (unpaired) electrons. The number of benzene rings is 1. The summed E-state index contributed by atoms with van der Waals surface area (Å²) < 4.78 is 19.4. The van der Waals surface area contributed by atoms with Crippen molar-refractivity contribution in [2.24, 2.45) is 0 Å². The number of carbonyl (C=O) groups is 1. The Morgan fingerprint density at radius 2 is 1.45 bits per heavy atom. The molecule has 0 amide bonds. The Balaban J connectivity index is 2.25. The fourth-order valence-electron chi connectivity index (χ4n) is 3.23. The van der Waals surface area contributed by atoms with Crippen molar-refractivity contribution in [1.82, 2.24) is 0 Å². The Hall–Kier alpha value is -1.72. The highest BCUT2D eigenvalue weighted by Gasteiger charge is 2.38. The third kappa shape index (κ3) is 8.91. The fourth-order valence-corrected chi connectivity index (χ4v) is 5.95. The van der Waals surface area contributed by atoms with Crippen molar-refractivity contribution >= 4 is 39.5 Å². The van der Waals surface area contributed by atoms with Crippen LogP contribution in [0.15, 0.2) is 35.7 Å². The van der Waals surface area contributed by atoms with Gasteiger partial charge in [0.1, 0.15) is 12.4 Å². The normalized spacial score (nSPS) is 13.6. The van der Waals surface area contributed by atoms with Gasteiger partial charge < -0.3 is 18.7 Å². The van der Waals surface area contributed by atoms with Crippen molar-refractivity contribution in [2.45, 2.75) is 111 Å². The molecule has 1 heterocycles. The zero-order chi connectivity index (χ0) is 28.9. The SMILES string of the molecule is CC/C(=C/C(=O)O)c1csc(COc2ccc(CO[Si](C)(C)C(C)(C)C)c(CO[Si](C)(C)C(C)(C)C)c2)c1. The summed E-state index contributed by atoms with van der Waals surface area (Å²) in [6, 6.07) is 8.23. The first-order valence-electron chi connectivity index (χ1n) is 13.4. The van der Waals surface area contributed by atoms with Gasteiger partial charge in [-0.15, -0.1) is 11.3 Å². The van der Waals surface area contributed by atoms with E-state index in [1.54, 1.807) is 11.3 Å². The molecule has 0 atom stereocenters. The van der Waals surface area contributed by atoms with Crippen LogP contribution in [0.2, 0.25) is 36.3 Å². The molecule has 1 aromatic heterocycles. The van der Waals surface area contributed by atoms with Gasteiger partial charge in [0.2, 0.25) is 0 Å². The number of hydrogen-bond donors (Lipinski definition) is 1. The molecule has 2 rings (SSSR count). The van der Waals surface area contributed by atoms with Gasteiger partial charge in [-0.2, -0.15) is 0 Å². The van der Waals surface area contributed by atoms with Crippen LogP contribution in [0.25, 0.3) is 5.57 Å². The van der Waals surface area contributed by atoms with Gasteiger partial charge >= 0.3 is 5.97 Å². The molecule has 0 aliphatic heterocycles. The van der Waals surface area contributed by atoms with Gasteiger partial charge in [0, 0.05) is 11.0 Å². The second kappa shape index (κ2) is 12.6. The lowest BCUT2D eigenvalue weighted by Crippen LogP contribution is -2.41. The van der Waals surface area contributed by atoms with Crippen LogP contribution in [-0.2, 0) is 33.5 Å². The predicted molar refractivity (Wildman–Crippen MR) is 165 cm³/mol. The zero-order valence-electron chi connectivity index (χ0n) is 25.3. The summed E-state index contributed by atoms with van der Waals surface area (Å²) in [5.74, 6) is -0.127. The highest BCUT2D eigenvalue weighted by atomic mass is 32.1. The number of carboxylic acid groups (broad SMARTS) is 1. The lowest BCUT2D eigenvalue weighted by Gasteiger charge is -2.37. The zero-order valence-corrected chi connectivity index (χ0v) is 28.1. The summed E-state index contributed by atoms with van der Waals surface area (Å²) in [6.07, 6.45) is 1.95. The quantitative estimate of drug-likeness (QED) is 0.201. The molecule has 5 nitrogen and oxygen atoms in total. The first-order valence-corrected chi connectivity index (χ1v) is 20.1. The van der Waals surface area contributed by atoms with E-state index in [-0.39, 0.29) is 10.1 Å². The molecule has 0 aliphatic rings. The van der Waals surface area contributed by atoms with Crippen LogP contribution in [-0.4, -0.2) is 27.7 Å². The maximum Gasteiger partial charge on any atom is 0.328 e. The van der Waals surface area contributed by atoms with Crippen molar-refractivity contribution in [1.29, 1.82) is 0 Å². The van der Waals surface area contributed by atoms with Crippen molar-refractivity contribution in [3.63, 3.8) is 0 Å². The monoisotopic (exact) mass is 576 g/mol. The van der Waals surface area contributed by atoms with E-state index in [1.165, 1.54) is 6.08 Å². The van der Waals surface area contributed by atoms with E-state index in [9.17, 15) is 4.79 Å².